The SMILES string of the molecule is O=C(NCc1ccc(C(=O)NC23CC4CC(CC(O)(C4)C2)C3)cc1)c1ccccc1.O=CNCc1ccc(C(=O)N2CCCCCC2)cc1. The maximum Gasteiger partial charge on any atom is 0.253 e. The zero-order valence-corrected chi connectivity index (χ0v) is 28.2. The number of likely N-dealkylation sites (tertiary alicyclic amines) is 1. The van der Waals surface area contributed by atoms with Gasteiger partial charge in [0.2, 0.25) is 6.41 Å². The van der Waals surface area contributed by atoms with Gasteiger partial charge in [-0.05, 0) is 111 Å². The Kier molecular flexibility index (Phi) is 10.8. The summed E-state index contributed by atoms with van der Waals surface area (Å²) in [4.78, 5) is 49.6. The van der Waals surface area contributed by atoms with Crippen LogP contribution in [0.3, 0.4) is 0 Å². The van der Waals surface area contributed by atoms with Crippen LogP contribution >= 0.6 is 0 Å². The van der Waals surface area contributed by atoms with Gasteiger partial charge in [0.05, 0.1) is 5.60 Å². The lowest BCUT2D eigenvalue weighted by atomic mass is 9.51. The number of nitrogens with zero attached hydrogens (tertiary/aromatic N) is 1. The average Bonchev–Trinajstić information content (AvgIpc) is 3.39. The number of aliphatic hydroxyl groups is 1. The Balaban J connectivity index is 0.000000189. The molecule has 9 heteroatoms. The van der Waals surface area contributed by atoms with Crippen LogP contribution in [0.25, 0.3) is 0 Å². The van der Waals surface area contributed by atoms with Crippen LogP contribution in [-0.2, 0) is 17.9 Å². The molecule has 3 aromatic rings. The number of hydrogen-bond acceptors (Lipinski definition) is 5. The van der Waals surface area contributed by atoms with E-state index in [0.717, 1.165) is 68.3 Å². The van der Waals surface area contributed by atoms with E-state index in [9.17, 15) is 24.3 Å². The van der Waals surface area contributed by atoms with E-state index in [1.165, 1.54) is 19.3 Å². The maximum atomic E-state index is 12.9. The van der Waals surface area contributed by atoms with Crippen molar-refractivity contribution in [3.63, 3.8) is 0 Å². The number of rotatable bonds is 9. The van der Waals surface area contributed by atoms with Gasteiger partial charge in [-0.25, -0.2) is 0 Å². The lowest BCUT2D eigenvalue weighted by Crippen LogP contribution is -2.65. The summed E-state index contributed by atoms with van der Waals surface area (Å²) in [6.45, 7) is 2.65. The number of carbonyl (C=O) groups excluding carboxylic acids is 4. The van der Waals surface area contributed by atoms with E-state index >= 15 is 0 Å². The predicted octanol–water partition coefficient (Wildman–Crippen LogP) is 5.38. The summed E-state index contributed by atoms with van der Waals surface area (Å²) < 4.78 is 0. The summed E-state index contributed by atoms with van der Waals surface area (Å²) in [6.07, 6.45) is 11.0. The molecule has 0 radical (unpaired) electrons. The van der Waals surface area contributed by atoms with E-state index in [4.69, 9.17) is 0 Å². The van der Waals surface area contributed by atoms with Gasteiger partial charge >= 0.3 is 0 Å². The fourth-order valence-corrected chi connectivity index (χ4v) is 8.70. The monoisotopic (exact) mass is 664 g/mol. The van der Waals surface area contributed by atoms with E-state index in [1.54, 1.807) is 12.1 Å². The summed E-state index contributed by atoms with van der Waals surface area (Å²) in [6, 6.07) is 24.0. The van der Waals surface area contributed by atoms with Crippen LogP contribution in [0.5, 0.6) is 0 Å². The van der Waals surface area contributed by atoms with Crippen molar-refractivity contribution < 1.29 is 24.3 Å². The Bertz CT molecular complexity index is 1590. The lowest BCUT2D eigenvalue weighted by molar-refractivity contribution is -0.139. The largest absolute Gasteiger partial charge is 0.390 e. The van der Waals surface area contributed by atoms with Crippen molar-refractivity contribution in [1.82, 2.24) is 20.9 Å². The molecular weight excluding hydrogens is 616 g/mol. The molecule has 3 aromatic carbocycles. The molecule has 0 spiro atoms. The molecule has 258 valence electrons. The molecule has 2 atom stereocenters. The van der Waals surface area contributed by atoms with Crippen molar-refractivity contribution in [3.05, 3.63) is 107 Å². The Labute approximate surface area is 288 Å². The van der Waals surface area contributed by atoms with Crippen LogP contribution in [0.15, 0.2) is 78.9 Å². The molecule has 5 aliphatic rings. The molecule has 8 rings (SSSR count). The molecule has 0 aromatic heterocycles. The topological polar surface area (TPSA) is 128 Å². The standard InChI is InChI=1S/C25H28N2O3.C15H20N2O2/c28-22(20-4-2-1-3-5-20)26-15-17-6-8-21(9-7-17)23(29)27-24-11-18-10-19(12-24)14-25(30,13-18)16-24;18-12-16-11-13-5-7-14(8-6-13)15(19)17-9-3-1-2-4-10-17/h1-9,18-19,30H,10-16H2,(H,26,28)(H,27,29);5-8,12H,1-4,9-11H2,(H,16,18). The van der Waals surface area contributed by atoms with Gasteiger partial charge in [-0.2, -0.15) is 0 Å². The quantitative estimate of drug-likeness (QED) is 0.229. The van der Waals surface area contributed by atoms with Crippen molar-refractivity contribution in [2.75, 3.05) is 13.1 Å². The Morgan fingerprint density at radius 3 is 1.88 bits per heavy atom. The zero-order valence-electron chi connectivity index (χ0n) is 28.2. The molecule has 1 aliphatic heterocycles. The van der Waals surface area contributed by atoms with E-state index in [0.29, 0.717) is 48.9 Å². The molecule has 1 heterocycles. The van der Waals surface area contributed by atoms with Crippen molar-refractivity contribution in [2.45, 2.75) is 88.4 Å². The highest BCUT2D eigenvalue weighted by molar-refractivity contribution is 5.95. The second-order valence-electron chi connectivity index (χ2n) is 14.6. The minimum atomic E-state index is -0.585. The van der Waals surface area contributed by atoms with Crippen molar-refractivity contribution in [3.8, 4) is 0 Å². The van der Waals surface area contributed by atoms with Gasteiger partial charge in [-0.1, -0.05) is 55.3 Å². The fourth-order valence-electron chi connectivity index (χ4n) is 8.70. The van der Waals surface area contributed by atoms with E-state index < -0.39 is 5.60 Å². The Hall–Kier alpha value is -4.50. The van der Waals surface area contributed by atoms with Crippen LogP contribution in [0.1, 0.15) is 106 Å². The van der Waals surface area contributed by atoms with Crippen LogP contribution in [-0.4, -0.2) is 58.4 Å². The molecule has 5 fully saturated rings. The summed E-state index contributed by atoms with van der Waals surface area (Å²) in [5.74, 6) is 1.01. The summed E-state index contributed by atoms with van der Waals surface area (Å²) in [7, 11) is 0. The smallest absolute Gasteiger partial charge is 0.253 e. The average molecular weight is 665 g/mol. The van der Waals surface area contributed by atoms with Crippen molar-refractivity contribution in [1.29, 1.82) is 0 Å². The molecule has 1 saturated heterocycles. The highest BCUT2D eigenvalue weighted by Gasteiger charge is 2.57. The first-order chi connectivity index (χ1) is 23.7. The Morgan fingerprint density at radius 2 is 1.29 bits per heavy atom. The van der Waals surface area contributed by atoms with Crippen LogP contribution in [0.2, 0.25) is 0 Å². The van der Waals surface area contributed by atoms with Crippen LogP contribution in [0.4, 0.5) is 0 Å². The fraction of sp³-hybridized carbons (Fsp3) is 0.450. The molecule has 4 aliphatic carbocycles. The lowest BCUT2D eigenvalue weighted by Gasteiger charge is -2.60. The highest BCUT2D eigenvalue weighted by Crippen LogP contribution is 2.57. The third kappa shape index (κ3) is 8.76. The highest BCUT2D eigenvalue weighted by atomic mass is 16.3. The third-order valence-electron chi connectivity index (χ3n) is 10.6. The number of hydrogen-bond donors (Lipinski definition) is 4. The molecule has 4 saturated carbocycles. The van der Waals surface area contributed by atoms with Crippen LogP contribution < -0.4 is 16.0 Å². The first-order valence-electron chi connectivity index (χ1n) is 17.8. The predicted molar refractivity (Wildman–Crippen MR) is 188 cm³/mol. The van der Waals surface area contributed by atoms with Gasteiger partial charge in [0.15, 0.2) is 0 Å². The molecular formula is C40H48N4O5. The van der Waals surface area contributed by atoms with E-state index in [1.807, 2.05) is 71.6 Å². The number of nitrogens with one attached hydrogen (secondary N) is 3. The third-order valence-corrected chi connectivity index (χ3v) is 10.6. The second-order valence-corrected chi connectivity index (χ2v) is 14.6. The maximum absolute atomic E-state index is 12.9. The minimum absolute atomic E-state index is 0.0691. The molecule has 49 heavy (non-hydrogen) atoms. The summed E-state index contributed by atoms with van der Waals surface area (Å²) in [5.41, 5.74) is 3.09. The van der Waals surface area contributed by atoms with Crippen LogP contribution in [0, 0.1) is 11.8 Å². The number of carbonyl (C=O) groups is 4. The van der Waals surface area contributed by atoms with Gasteiger partial charge in [0, 0.05) is 48.4 Å². The zero-order chi connectivity index (χ0) is 34.3. The molecule has 4 N–H and O–H groups in total. The van der Waals surface area contributed by atoms with E-state index in [-0.39, 0.29) is 23.3 Å². The van der Waals surface area contributed by atoms with Crippen molar-refractivity contribution >= 4 is 24.1 Å². The first kappa shape index (κ1) is 34.4. The minimum Gasteiger partial charge on any atom is -0.390 e. The first-order valence-corrected chi connectivity index (χ1v) is 17.8. The second kappa shape index (κ2) is 15.4. The van der Waals surface area contributed by atoms with Gasteiger partial charge in [-0.3, -0.25) is 19.2 Å². The van der Waals surface area contributed by atoms with Gasteiger partial charge < -0.3 is 26.0 Å². The van der Waals surface area contributed by atoms with Gasteiger partial charge in [0.1, 0.15) is 0 Å². The summed E-state index contributed by atoms with van der Waals surface area (Å²) in [5, 5.41) is 19.7. The molecule has 4 bridgehead atoms. The van der Waals surface area contributed by atoms with Gasteiger partial charge in [0.25, 0.3) is 17.7 Å². The molecule has 2 unspecified atom stereocenters. The molecule has 9 nitrogen and oxygen atoms in total. The Morgan fingerprint density at radius 1 is 0.714 bits per heavy atom. The molecule has 4 amide bonds. The normalized spacial score (nSPS) is 25.3. The van der Waals surface area contributed by atoms with E-state index in [2.05, 4.69) is 16.0 Å². The number of amides is 4. The van der Waals surface area contributed by atoms with Crippen molar-refractivity contribution in [2.24, 2.45) is 11.8 Å². The number of benzene rings is 3. The van der Waals surface area contributed by atoms with Gasteiger partial charge in [-0.15, -0.1) is 0 Å². The summed E-state index contributed by atoms with van der Waals surface area (Å²) >= 11 is 0.